The van der Waals surface area contributed by atoms with Gasteiger partial charge in [0.05, 0.1) is 6.61 Å². The molecule has 3 N–H and O–H groups in total. The topological polar surface area (TPSA) is 95.2 Å². The predicted octanol–water partition coefficient (Wildman–Crippen LogP) is 2.73. The Morgan fingerprint density at radius 3 is 2.33 bits per heavy atom. The van der Waals surface area contributed by atoms with Gasteiger partial charge in [-0.3, -0.25) is 5.43 Å². The van der Waals surface area contributed by atoms with Crippen molar-refractivity contribution in [2.45, 2.75) is 20.8 Å². The van der Waals surface area contributed by atoms with Crippen LogP contribution in [0.3, 0.4) is 0 Å². The molecule has 0 amide bonds. The van der Waals surface area contributed by atoms with Crippen LogP contribution in [0.2, 0.25) is 0 Å². The second-order valence-corrected chi connectivity index (χ2v) is 5.07. The van der Waals surface area contributed by atoms with E-state index in [1.165, 1.54) is 0 Å². The van der Waals surface area contributed by atoms with Crippen LogP contribution in [0.25, 0.3) is 0 Å². The minimum absolute atomic E-state index is 0.113. The summed E-state index contributed by atoms with van der Waals surface area (Å²) in [6, 6.07) is 4.04. The van der Waals surface area contributed by atoms with Crippen molar-refractivity contribution >= 4 is 21.9 Å². The van der Waals surface area contributed by atoms with Crippen LogP contribution in [0.5, 0.6) is 17.8 Å². The van der Waals surface area contributed by atoms with Crippen LogP contribution in [-0.2, 0) is 0 Å². The van der Waals surface area contributed by atoms with Gasteiger partial charge in [0.15, 0.2) is 0 Å². The molecule has 112 valence electrons. The molecule has 2 aromatic rings. The van der Waals surface area contributed by atoms with Crippen molar-refractivity contribution in [3.63, 3.8) is 0 Å². The van der Waals surface area contributed by atoms with E-state index in [2.05, 4.69) is 36.3 Å². The van der Waals surface area contributed by atoms with Crippen molar-refractivity contribution in [3.8, 4) is 17.8 Å². The zero-order chi connectivity index (χ0) is 15.4. The molecule has 0 unspecified atom stereocenters. The third kappa shape index (κ3) is 3.79. The van der Waals surface area contributed by atoms with Gasteiger partial charge in [-0.25, -0.2) is 5.84 Å². The average Bonchev–Trinajstić information content (AvgIpc) is 2.44. The zero-order valence-corrected chi connectivity index (χ0v) is 13.6. The first-order valence-corrected chi connectivity index (χ1v) is 7.13. The van der Waals surface area contributed by atoms with Crippen LogP contribution in [0.4, 0.5) is 5.95 Å². The molecule has 0 atom stereocenters. The highest BCUT2D eigenvalue weighted by Crippen LogP contribution is 2.28. The summed E-state index contributed by atoms with van der Waals surface area (Å²) < 4.78 is 12.0. The largest absolute Gasteiger partial charge is 0.464 e. The second kappa shape index (κ2) is 6.68. The molecule has 7 nitrogen and oxygen atoms in total. The van der Waals surface area contributed by atoms with Crippen LogP contribution < -0.4 is 20.7 Å². The molecule has 1 heterocycles. The molecular formula is C13H16BrN5O2. The smallest absolute Gasteiger partial charge is 0.330 e. The molecule has 0 fully saturated rings. The number of nitrogen functional groups attached to an aromatic ring is 1. The maximum atomic E-state index is 5.67. The fourth-order valence-electron chi connectivity index (χ4n) is 1.71. The number of aryl methyl sites for hydroxylation is 2. The number of rotatable bonds is 5. The number of ether oxygens (including phenoxy) is 2. The third-order valence-corrected chi connectivity index (χ3v) is 3.87. The molecular weight excluding hydrogens is 338 g/mol. The number of anilines is 1. The number of nitrogens with two attached hydrogens (primary N) is 1. The second-order valence-electron chi connectivity index (χ2n) is 4.27. The predicted molar refractivity (Wildman–Crippen MR) is 82.5 cm³/mol. The van der Waals surface area contributed by atoms with Crippen molar-refractivity contribution in [3.05, 3.63) is 27.7 Å². The molecule has 0 aliphatic carbocycles. The van der Waals surface area contributed by atoms with E-state index in [0.29, 0.717) is 12.4 Å². The lowest BCUT2D eigenvalue weighted by molar-refractivity contribution is 0.304. The lowest BCUT2D eigenvalue weighted by Gasteiger charge is -2.10. The van der Waals surface area contributed by atoms with E-state index in [1.807, 2.05) is 32.9 Å². The van der Waals surface area contributed by atoms with Crippen LogP contribution in [0.15, 0.2) is 16.6 Å². The van der Waals surface area contributed by atoms with Gasteiger partial charge >= 0.3 is 12.0 Å². The molecule has 2 rings (SSSR count). The van der Waals surface area contributed by atoms with Gasteiger partial charge in [0.2, 0.25) is 5.95 Å². The van der Waals surface area contributed by atoms with Crippen LogP contribution in [0, 0.1) is 13.8 Å². The maximum Gasteiger partial charge on any atom is 0.330 e. The summed E-state index contributed by atoms with van der Waals surface area (Å²) in [7, 11) is 0. The Labute approximate surface area is 131 Å². The van der Waals surface area contributed by atoms with Crippen molar-refractivity contribution in [2.24, 2.45) is 5.84 Å². The Morgan fingerprint density at radius 2 is 1.76 bits per heavy atom. The molecule has 8 heteroatoms. The molecule has 0 radical (unpaired) electrons. The third-order valence-electron chi connectivity index (χ3n) is 2.62. The Hall–Kier alpha value is -1.93. The van der Waals surface area contributed by atoms with Gasteiger partial charge in [-0.15, -0.1) is 4.98 Å². The lowest BCUT2D eigenvalue weighted by Crippen LogP contribution is -2.12. The first kappa shape index (κ1) is 15.5. The van der Waals surface area contributed by atoms with Gasteiger partial charge in [-0.05, 0) is 44.0 Å². The minimum Gasteiger partial charge on any atom is -0.464 e. The van der Waals surface area contributed by atoms with Gasteiger partial charge in [0, 0.05) is 4.47 Å². The van der Waals surface area contributed by atoms with E-state index in [0.717, 1.165) is 15.6 Å². The summed E-state index contributed by atoms with van der Waals surface area (Å²) >= 11 is 3.51. The number of nitrogens with one attached hydrogen (secondary N) is 1. The van der Waals surface area contributed by atoms with E-state index in [4.69, 9.17) is 15.3 Å². The Kier molecular flexibility index (Phi) is 4.92. The number of halogens is 1. The normalized spacial score (nSPS) is 10.3. The van der Waals surface area contributed by atoms with E-state index in [1.54, 1.807) is 0 Å². The standard InChI is InChI=1S/C13H16BrN5O2/c1-4-20-12-16-11(19-15)17-13(18-12)21-9-5-7(2)10(14)8(3)6-9/h5-6H,4,15H2,1-3H3,(H,16,17,18,19). The lowest BCUT2D eigenvalue weighted by atomic mass is 10.1. The Bertz CT molecular complexity index is 627. The zero-order valence-electron chi connectivity index (χ0n) is 12.0. The number of hydrogen-bond acceptors (Lipinski definition) is 7. The summed E-state index contributed by atoms with van der Waals surface area (Å²) in [5.41, 5.74) is 4.47. The summed E-state index contributed by atoms with van der Waals surface area (Å²) in [6.45, 7) is 6.23. The van der Waals surface area contributed by atoms with Crippen molar-refractivity contribution in [2.75, 3.05) is 12.0 Å². The van der Waals surface area contributed by atoms with Gasteiger partial charge in [0.25, 0.3) is 0 Å². The fraction of sp³-hybridized carbons (Fsp3) is 0.308. The number of benzene rings is 1. The average molecular weight is 354 g/mol. The molecule has 0 spiro atoms. The summed E-state index contributed by atoms with van der Waals surface area (Å²) in [5.74, 6) is 6.13. The fourth-order valence-corrected chi connectivity index (χ4v) is 1.94. The molecule has 1 aromatic heterocycles. The highest BCUT2D eigenvalue weighted by atomic mass is 79.9. The molecule has 0 saturated carbocycles. The maximum absolute atomic E-state index is 5.67. The first-order chi connectivity index (χ1) is 10.0. The quantitative estimate of drug-likeness (QED) is 0.630. The summed E-state index contributed by atoms with van der Waals surface area (Å²) in [6.07, 6.45) is 0. The Morgan fingerprint density at radius 1 is 1.14 bits per heavy atom. The number of hydrazine groups is 1. The van der Waals surface area contributed by atoms with Crippen molar-refractivity contribution in [1.29, 1.82) is 0 Å². The molecule has 1 aromatic carbocycles. The summed E-state index contributed by atoms with van der Waals surface area (Å²) in [5, 5.41) is 0. The first-order valence-electron chi connectivity index (χ1n) is 6.33. The Balaban J connectivity index is 2.32. The molecule has 0 saturated heterocycles. The van der Waals surface area contributed by atoms with Gasteiger partial charge in [-0.1, -0.05) is 15.9 Å². The monoisotopic (exact) mass is 353 g/mol. The number of aromatic nitrogens is 3. The number of nitrogens with zero attached hydrogens (tertiary/aromatic N) is 3. The SMILES string of the molecule is CCOc1nc(NN)nc(Oc2cc(C)c(Br)c(C)c2)n1. The van der Waals surface area contributed by atoms with E-state index in [-0.39, 0.29) is 18.0 Å². The number of hydrogen-bond donors (Lipinski definition) is 2. The van der Waals surface area contributed by atoms with Gasteiger partial charge < -0.3 is 9.47 Å². The van der Waals surface area contributed by atoms with Crippen molar-refractivity contribution in [1.82, 2.24) is 15.0 Å². The van der Waals surface area contributed by atoms with E-state index in [9.17, 15) is 0 Å². The van der Waals surface area contributed by atoms with Gasteiger partial charge in [0.1, 0.15) is 5.75 Å². The molecule has 21 heavy (non-hydrogen) atoms. The summed E-state index contributed by atoms with van der Waals surface area (Å²) in [4.78, 5) is 12.1. The molecule has 0 aliphatic heterocycles. The van der Waals surface area contributed by atoms with Gasteiger partial charge in [-0.2, -0.15) is 9.97 Å². The van der Waals surface area contributed by atoms with Crippen LogP contribution in [-0.4, -0.2) is 21.6 Å². The highest BCUT2D eigenvalue weighted by molar-refractivity contribution is 9.10. The van der Waals surface area contributed by atoms with E-state index >= 15 is 0 Å². The minimum atomic E-state index is 0.113. The molecule has 0 aliphatic rings. The van der Waals surface area contributed by atoms with Crippen LogP contribution >= 0.6 is 15.9 Å². The van der Waals surface area contributed by atoms with E-state index < -0.39 is 0 Å². The molecule has 0 bridgehead atoms. The van der Waals surface area contributed by atoms with Crippen molar-refractivity contribution < 1.29 is 9.47 Å². The van der Waals surface area contributed by atoms with Crippen LogP contribution in [0.1, 0.15) is 18.1 Å². The highest BCUT2D eigenvalue weighted by Gasteiger charge is 2.10.